The van der Waals surface area contributed by atoms with Crippen molar-refractivity contribution in [3.8, 4) is 0 Å². The van der Waals surface area contributed by atoms with E-state index >= 15 is 0 Å². The first-order valence-electron chi connectivity index (χ1n) is 7.59. The van der Waals surface area contributed by atoms with Crippen molar-refractivity contribution >= 4 is 29.2 Å². The highest BCUT2D eigenvalue weighted by Gasteiger charge is 2.65. The van der Waals surface area contributed by atoms with Crippen molar-refractivity contribution in [2.75, 3.05) is 10.6 Å². The highest BCUT2D eigenvalue weighted by molar-refractivity contribution is 6.00. The van der Waals surface area contributed by atoms with E-state index in [0.29, 0.717) is 11.4 Å². The molecule has 1 aromatic carbocycles. The molecule has 3 N–H and O–H groups in total. The van der Waals surface area contributed by atoms with Gasteiger partial charge in [0.2, 0.25) is 11.8 Å². The molecule has 1 aromatic rings. The van der Waals surface area contributed by atoms with Gasteiger partial charge >= 0.3 is 5.97 Å². The molecular weight excluding hydrogens is 296 g/mol. The molecule has 0 unspecified atom stereocenters. The van der Waals surface area contributed by atoms with E-state index in [1.165, 1.54) is 0 Å². The van der Waals surface area contributed by atoms with Crippen LogP contribution in [0.5, 0.6) is 0 Å². The summed E-state index contributed by atoms with van der Waals surface area (Å²) in [6, 6.07) is 6.81. The van der Waals surface area contributed by atoms with Gasteiger partial charge < -0.3 is 15.7 Å². The lowest BCUT2D eigenvalue weighted by atomic mass is 10.1. The summed E-state index contributed by atoms with van der Waals surface area (Å²) in [5.74, 6) is -2.72. The Bertz CT molecular complexity index is 652. The van der Waals surface area contributed by atoms with Crippen LogP contribution in [-0.4, -0.2) is 22.9 Å². The monoisotopic (exact) mass is 318 g/mol. The van der Waals surface area contributed by atoms with E-state index in [4.69, 9.17) is 5.11 Å². The summed E-state index contributed by atoms with van der Waals surface area (Å²) in [6.45, 7) is 7.13. The Morgan fingerprint density at radius 2 is 1.65 bits per heavy atom. The minimum Gasteiger partial charge on any atom is -0.481 e. The van der Waals surface area contributed by atoms with Crippen LogP contribution >= 0.6 is 0 Å². The molecule has 0 saturated heterocycles. The Balaban J connectivity index is 2.05. The molecule has 0 aliphatic heterocycles. The van der Waals surface area contributed by atoms with Crippen molar-refractivity contribution in [2.45, 2.75) is 27.7 Å². The zero-order valence-electron chi connectivity index (χ0n) is 13.7. The first kappa shape index (κ1) is 17.0. The first-order valence-corrected chi connectivity index (χ1v) is 7.59. The van der Waals surface area contributed by atoms with Gasteiger partial charge in [-0.25, -0.2) is 0 Å². The van der Waals surface area contributed by atoms with E-state index in [-0.39, 0.29) is 17.7 Å². The van der Waals surface area contributed by atoms with Gasteiger partial charge in [-0.2, -0.15) is 0 Å². The standard InChI is InChI=1S/C17H22N2O4/c1-9(2)14(20)18-10-6-5-7-11(8-10)19-15(21)12-13(16(22)23)17(12,3)4/h5-9,12-13H,1-4H3,(H,18,20)(H,19,21)(H,22,23)/t12-,13-/m0/s1. The van der Waals surface area contributed by atoms with Gasteiger partial charge in [0.25, 0.3) is 0 Å². The minimum atomic E-state index is -0.951. The number of anilines is 2. The van der Waals surface area contributed by atoms with Crippen LogP contribution in [-0.2, 0) is 14.4 Å². The van der Waals surface area contributed by atoms with E-state index < -0.39 is 23.2 Å². The lowest BCUT2D eigenvalue weighted by Gasteiger charge is -2.10. The molecule has 6 nitrogen and oxygen atoms in total. The molecule has 2 atom stereocenters. The fourth-order valence-corrected chi connectivity index (χ4v) is 2.77. The maximum absolute atomic E-state index is 12.3. The number of benzene rings is 1. The second-order valence-electron chi connectivity index (χ2n) is 6.83. The van der Waals surface area contributed by atoms with E-state index in [9.17, 15) is 14.4 Å². The van der Waals surface area contributed by atoms with Crippen LogP contribution in [0.25, 0.3) is 0 Å². The molecule has 0 radical (unpaired) electrons. The summed E-state index contributed by atoms with van der Waals surface area (Å²) in [4.78, 5) is 35.1. The van der Waals surface area contributed by atoms with E-state index in [2.05, 4.69) is 10.6 Å². The Morgan fingerprint density at radius 3 is 2.13 bits per heavy atom. The van der Waals surface area contributed by atoms with Crippen LogP contribution < -0.4 is 10.6 Å². The lowest BCUT2D eigenvalue weighted by Crippen LogP contribution is -2.19. The average molecular weight is 318 g/mol. The molecule has 1 fully saturated rings. The first-order chi connectivity index (χ1) is 10.6. The molecule has 124 valence electrons. The molecule has 6 heteroatoms. The summed E-state index contributed by atoms with van der Waals surface area (Å²) < 4.78 is 0. The van der Waals surface area contributed by atoms with E-state index in [1.807, 2.05) is 0 Å². The number of carboxylic acids is 1. The van der Waals surface area contributed by atoms with Crippen LogP contribution in [0, 0.1) is 23.2 Å². The molecule has 23 heavy (non-hydrogen) atoms. The van der Waals surface area contributed by atoms with Crippen LogP contribution in [0.4, 0.5) is 11.4 Å². The lowest BCUT2D eigenvalue weighted by molar-refractivity contribution is -0.140. The van der Waals surface area contributed by atoms with Crippen LogP contribution in [0.2, 0.25) is 0 Å². The number of rotatable bonds is 5. The average Bonchev–Trinajstić information content (AvgIpc) is 3.02. The van der Waals surface area contributed by atoms with E-state index in [1.54, 1.807) is 52.0 Å². The number of aliphatic carboxylic acids is 1. The minimum absolute atomic E-state index is 0.109. The summed E-state index contributed by atoms with van der Waals surface area (Å²) in [7, 11) is 0. The third-order valence-corrected chi connectivity index (χ3v) is 4.30. The van der Waals surface area contributed by atoms with Crippen molar-refractivity contribution in [2.24, 2.45) is 23.2 Å². The quantitative estimate of drug-likeness (QED) is 0.777. The van der Waals surface area contributed by atoms with Crippen molar-refractivity contribution in [1.29, 1.82) is 0 Å². The van der Waals surface area contributed by atoms with Gasteiger partial charge in [-0.05, 0) is 23.6 Å². The Hall–Kier alpha value is -2.37. The molecule has 0 heterocycles. The summed E-state index contributed by atoms with van der Waals surface area (Å²) in [6.07, 6.45) is 0. The molecule has 1 saturated carbocycles. The fourth-order valence-electron chi connectivity index (χ4n) is 2.77. The molecule has 0 spiro atoms. The van der Waals surface area contributed by atoms with Crippen molar-refractivity contribution in [3.05, 3.63) is 24.3 Å². The van der Waals surface area contributed by atoms with Crippen LogP contribution in [0.1, 0.15) is 27.7 Å². The molecule has 0 bridgehead atoms. The van der Waals surface area contributed by atoms with Gasteiger partial charge in [-0.1, -0.05) is 33.8 Å². The van der Waals surface area contributed by atoms with Crippen molar-refractivity contribution < 1.29 is 19.5 Å². The van der Waals surface area contributed by atoms with Gasteiger partial charge in [0.05, 0.1) is 11.8 Å². The maximum Gasteiger partial charge on any atom is 0.307 e. The predicted molar refractivity (Wildman–Crippen MR) is 86.9 cm³/mol. The molecule has 2 rings (SSSR count). The zero-order valence-corrected chi connectivity index (χ0v) is 13.7. The highest BCUT2D eigenvalue weighted by atomic mass is 16.4. The summed E-state index contributed by atoms with van der Waals surface area (Å²) >= 11 is 0. The van der Waals surface area contributed by atoms with Gasteiger partial charge in [-0.3, -0.25) is 14.4 Å². The van der Waals surface area contributed by atoms with Gasteiger partial charge in [0.15, 0.2) is 0 Å². The summed E-state index contributed by atoms with van der Waals surface area (Å²) in [5, 5.41) is 14.6. The van der Waals surface area contributed by atoms with Crippen LogP contribution in [0.15, 0.2) is 24.3 Å². The smallest absolute Gasteiger partial charge is 0.307 e. The molecule has 2 amide bonds. The highest BCUT2D eigenvalue weighted by Crippen LogP contribution is 2.58. The summed E-state index contributed by atoms with van der Waals surface area (Å²) in [5.41, 5.74) is 0.578. The number of carbonyl (C=O) groups is 3. The zero-order chi connectivity index (χ0) is 17.4. The molecular formula is C17H22N2O4. The molecule has 1 aliphatic carbocycles. The third-order valence-electron chi connectivity index (χ3n) is 4.30. The largest absolute Gasteiger partial charge is 0.481 e. The maximum atomic E-state index is 12.3. The van der Waals surface area contributed by atoms with E-state index in [0.717, 1.165) is 0 Å². The molecule has 1 aliphatic rings. The van der Waals surface area contributed by atoms with Gasteiger partial charge in [-0.15, -0.1) is 0 Å². The number of nitrogens with one attached hydrogen (secondary N) is 2. The third kappa shape index (κ3) is 3.52. The second kappa shape index (κ2) is 6.02. The second-order valence-corrected chi connectivity index (χ2v) is 6.83. The predicted octanol–water partition coefficient (Wildman–Crippen LogP) is 2.58. The Labute approximate surface area is 135 Å². The van der Waals surface area contributed by atoms with Gasteiger partial charge in [0.1, 0.15) is 0 Å². The van der Waals surface area contributed by atoms with Crippen molar-refractivity contribution in [1.82, 2.24) is 0 Å². The normalized spacial score (nSPS) is 21.6. The number of carboxylic acid groups (broad SMARTS) is 1. The topological polar surface area (TPSA) is 95.5 Å². The number of carbonyl (C=O) groups excluding carboxylic acids is 2. The molecule has 0 aromatic heterocycles. The van der Waals surface area contributed by atoms with Crippen LogP contribution in [0.3, 0.4) is 0 Å². The van der Waals surface area contributed by atoms with Gasteiger partial charge in [0, 0.05) is 17.3 Å². The number of amides is 2. The SMILES string of the molecule is CC(C)C(=O)Nc1cccc(NC(=O)[C@@H]2[C@@H](C(=O)O)C2(C)C)c1. The Morgan fingerprint density at radius 1 is 1.09 bits per heavy atom. The number of hydrogen-bond donors (Lipinski definition) is 3. The number of hydrogen-bond acceptors (Lipinski definition) is 3. The Kier molecular flexibility index (Phi) is 4.45. The fraction of sp³-hybridized carbons (Fsp3) is 0.471. The van der Waals surface area contributed by atoms with Crippen molar-refractivity contribution in [3.63, 3.8) is 0 Å².